The molecule has 2 heteroatoms. The Bertz CT molecular complexity index is 373. The summed E-state index contributed by atoms with van der Waals surface area (Å²) in [5.74, 6) is 2.53. The van der Waals surface area contributed by atoms with Gasteiger partial charge in [-0.1, -0.05) is 13.8 Å². The van der Waals surface area contributed by atoms with Crippen LogP contribution in [0.5, 0.6) is 0 Å². The van der Waals surface area contributed by atoms with Crippen molar-refractivity contribution in [2.45, 2.75) is 71.5 Å². The standard InChI is InChI=1S/C17H30O2/c1-6-19-17(5)10-8-12-14(17)13-11(15(13,2)3)7-9-16(12,4)18/h11-14,18H,6-10H2,1-5H3/t11-,12-,13-,14-,16-,17+/m1/s1. The maximum absolute atomic E-state index is 10.9. The summed E-state index contributed by atoms with van der Waals surface area (Å²) in [6.45, 7) is 12.1. The number of rotatable bonds is 2. The fourth-order valence-electron chi connectivity index (χ4n) is 5.72. The van der Waals surface area contributed by atoms with Crippen molar-refractivity contribution < 1.29 is 9.84 Å². The van der Waals surface area contributed by atoms with E-state index in [9.17, 15) is 5.11 Å². The van der Waals surface area contributed by atoms with E-state index in [-0.39, 0.29) is 5.60 Å². The third-order valence-corrected chi connectivity index (χ3v) is 6.85. The van der Waals surface area contributed by atoms with Gasteiger partial charge in [-0.3, -0.25) is 0 Å². The topological polar surface area (TPSA) is 29.5 Å². The molecule has 0 heterocycles. The Morgan fingerprint density at radius 1 is 1.00 bits per heavy atom. The average Bonchev–Trinajstić information content (AvgIpc) is 2.69. The van der Waals surface area contributed by atoms with Crippen molar-refractivity contribution in [1.82, 2.24) is 0 Å². The normalized spacial score (nSPS) is 55.3. The van der Waals surface area contributed by atoms with Crippen molar-refractivity contribution in [1.29, 1.82) is 0 Å². The third-order valence-electron chi connectivity index (χ3n) is 6.85. The van der Waals surface area contributed by atoms with E-state index in [0.717, 1.165) is 37.7 Å². The minimum Gasteiger partial charge on any atom is -0.390 e. The Morgan fingerprint density at radius 3 is 2.26 bits per heavy atom. The number of aliphatic hydroxyl groups is 1. The number of hydrogen-bond donors (Lipinski definition) is 1. The zero-order chi connectivity index (χ0) is 14.1. The summed E-state index contributed by atoms with van der Waals surface area (Å²) in [5.41, 5.74) is -0.0322. The molecule has 0 aromatic carbocycles. The fraction of sp³-hybridized carbons (Fsp3) is 1.00. The molecule has 19 heavy (non-hydrogen) atoms. The van der Waals surface area contributed by atoms with E-state index in [0.29, 0.717) is 17.3 Å². The lowest BCUT2D eigenvalue weighted by atomic mass is 9.73. The Kier molecular flexibility index (Phi) is 2.91. The summed E-state index contributed by atoms with van der Waals surface area (Å²) >= 11 is 0. The average molecular weight is 266 g/mol. The van der Waals surface area contributed by atoms with Crippen LogP contribution in [0, 0.1) is 29.1 Å². The molecule has 0 unspecified atom stereocenters. The zero-order valence-corrected chi connectivity index (χ0v) is 13.2. The highest BCUT2D eigenvalue weighted by Crippen LogP contribution is 2.72. The van der Waals surface area contributed by atoms with Gasteiger partial charge in [-0.2, -0.15) is 0 Å². The van der Waals surface area contributed by atoms with Gasteiger partial charge in [0.2, 0.25) is 0 Å². The minimum absolute atomic E-state index is 0.00949. The van der Waals surface area contributed by atoms with Gasteiger partial charge in [0.25, 0.3) is 0 Å². The smallest absolute Gasteiger partial charge is 0.0689 e. The summed E-state index contributed by atoms with van der Waals surface area (Å²) in [4.78, 5) is 0. The lowest BCUT2D eigenvalue weighted by molar-refractivity contribution is -0.0973. The van der Waals surface area contributed by atoms with Crippen LogP contribution < -0.4 is 0 Å². The number of fused-ring (bicyclic) bond motifs is 3. The Hall–Kier alpha value is -0.0800. The van der Waals surface area contributed by atoms with Crippen molar-refractivity contribution in [3.63, 3.8) is 0 Å². The highest BCUT2D eigenvalue weighted by Gasteiger charge is 2.70. The summed E-state index contributed by atoms with van der Waals surface area (Å²) in [5, 5.41) is 10.9. The molecule has 3 rings (SSSR count). The molecule has 0 radical (unpaired) electrons. The zero-order valence-electron chi connectivity index (χ0n) is 13.2. The van der Waals surface area contributed by atoms with Crippen molar-refractivity contribution in [3.8, 4) is 0 Å². The van der Waals surface area contributed by atoms with Gasteiger partial charge in [-0.05, 0) is 75.5 Å². The van der Waals surface area contributed by atoms with Gasteiger partial charge in [0, 0.05) is 6.61 Å². The molecule has 0 aromatic heterocycles. The minimum atomic E-state index is -0.483. The largest absolute Gasteiger partial charge is 0.390 e. The Balaban J connectivity index is 1.96. The number of hydrogen-bond acceptors (Lipinski definition) is 2. The van der Waals surface area contributed by atoms with Crippen LogP contribution in [0.3, 0.4) is 0 Å². The maximum atomic E-state index is 10.9. The van der Waals surface area contributed by atoms with Crippen LogP contribution in [0.2, 0.25) is 0 Å². The van der Waals surface area contributed by atoms with Gasteiger partial charge in [0.15, 0.2) is 0 Å². The molecule has 6 atom stereocenters. The van der Waals surface area contributed by atoms with Crippen LogP contribution >= 0.6 is 0 Å². The predicted octanol–water partition coefficient (Wildman–Crippen LogP) is 3.62. The van der Waals surface area contributed by atoms with E-state index < -0.39 is 5.60 Å². The van der Waals surface area contributed by atoms with Gasteiger partial charge < -0.3 is 9.84 Å². The predicted molar refractivity (Wildman–Crippen MR) is 76.9 cm³/mol. The number of ether oxygens (including phenoxy) is 1. The summed E-state index contributed by atoms with van der Waals surface area (Å²) < 4.78 is 6.19. The van der Waals surface area contributed by atoms with Crippen molar-refractivity contribution in [2.24, 2.45) is 29.1 Å². The second-order valence-corrected chi connectivity index (χ2v) is 8.27. The van der Waals surface area contributed by atoms with E-state index in [2.05, 4.69) is 34.6 Å². The van der Waals surface area contributed by atoms with Crippen LogP contribution in [0.15, 0.2) is 0 Å². The summed E-state index contributed by atoms with van der Waals surface area (Å²) in [7, 11) is 0. The first-order valence-corrected chi connectivity index (χ1v) is 8.10. The first kappa shape index (κ1) is 13.9. The molecular weight excluding hydrogens is 236 g/mol. The quantitative estimate of drug-likeness (QED) is 0.827. The van der Waals surface area contributed by atoms with E-state index in [4.69, 9.17) is 4.74 Å². The van der Waals surface area contributed by atoms with E-state index in [1.54, 1.807) is 0 Å². The molecule has 110 valence electrons. The molecule has 3 saturated carbocycles. The first-order valence-electron chi connectivity index (χ1n) is 8.10. The van der Waals surface area contributed by atoms with Crippen LogP contribution in [0.4, 0.5) is 0 Å². The van der Waals surface area contributed by atoms with Gasteiger partial charge in [0.05, 0.1) is 11.2 Å². The van der Waals surface area contributed by atoms with Crippen LogP contribution in [-0.2, 0) is 4.74 Å². The summed E-state index contributed by atoms with van der Waals surface area (Å²) in [6.07, 6.45) is 4.42. The lowest BCUT2D eigenvalue weighted by Gasteiger charge is -2.40. The first-order chi connectivity index (χ1) is 8.74. The van der Waals surface area contributed by atoms with Crippen molar-refractivity contribution in [2.75, 3.05) is 6.61 Å². The lowest BCUT2D eigenvalue weighted by Crippen LogP contribution is -2.44. The second-order valence-electron chi connectivity index (χ2n) is 8.27. The molecule has 2 nitrogen and oxygen atoms in total. The monoisotopic (exact) mass is 266 g/mol. The van der Waals surface area contributed by atoms with Gasteiger partial charge in [-0.15, -0.1) is 0 Å². The van der Waals surface area contributed by atoms with Gasteiger partial charge >= 0.3 is 0 Å². The van der Waals surface area contributed by atoms with E-state index >= 15 is 0 Å². The van der Waals surface area contributed by atoms with Gasteiger partial charge in [-0.25, -0.2) is 0 Å². The molecular formula is C17H30O2. The second kappa shape index (κ2) is 3.98. The molecule has 0 aliphatic heterocycles. The molecule has 0 bridgehead atoms. The molecule has 3 aliphatic carbocycles. The Morgan fingerprint density at radius 2 is 1.63 bits per heavy atom. The SMILES string of the molecule is CCO[C@@]1(C)CC[C@@H]2[C@@H]1[C@H]1[C@@H](CC[C@@]2(C)O)C1(C)C. The fourth-order valence-corrected chi connectivity index (χ4v) is 5.72. The molecule has 0 spiro atoms. The van der Waals surface area contributed by atoms with E-state index in [1.807, 2.05) is 0 Å². The summed E-state index contributed by atoms with van der Waals surface area (Å²) in [6, 6.07) is 0. The Labute approximate surface area is 117 Å². The maximum Gasteiger partial charge on any atom is 0.0689 e. The highest BCUT2D eigenvalue weighted by atomic mass is 16.5. The van der Waals surface area contributed by atoms with Gasteiger partial charge in [0.1, 0.15) is 0 Å². The highest BCUT2D eigenvalue weighted by molar-refractivity contribution is 5.18. The van der Waals surface area contributed by atoms with Crippen LogP contribution in [0.1, 0.15) is 60.3 Å². The molecule has 3 fully saturated rings. The molecule has 1 N–H and O–H groups in total. The molecule has 0 aromatic rings. The van der Waals surface area contributed by atoms with Crippen molar-refractivity contribution >= 4 is 0 Å². The molecule has 0 amide bonds. The molecule has 0 saturated heterocycles. The van der Waals surface area contributed by atoms with Crippen LogP contribution in [-0.4, -0.2) is 22.9 Å². The molecule has 3 aliphatic rings. The van der Waals surface area contributed by atoms with E-state index in [1.165, 1.54) is 6.42 Å². The van der Waals surface area contributed by atoms with Crippen LogP contribution in [0.25, 0.3) is 0 Å². The third kappa shape index (κ3) is 1.82. The van der Waals surface area contributed by atoms with Crippen molar-refractivity contribution in [3.05, 3.63) is 0 Å².